The molecule has 0 aliphatic carbocycles. The fourth-order valence-electron chi connectivity index (χ4n) is 0.210. The summed E-state index contributed by atoms with van der Waals surface area (Å²) in [6.45, 7) is 0. The van der Waals surface area contributed by atoms with Gasteiger partial charge in [0.15, 0.2) is 0 Å². The van der Waals surface area contributed by atoms with Crippen molar-refractivity contribution in [3.05, 3.63) is 0 Å². The number of rotatable bonds is 2. The van der Waals surface area contributed by atoms with Crippen LogP contribution in [0, 0.1) is 0 Å². The Bertz CT molecular complexity index is 155. The zero-order valence-electron chi connectivity index (χ0n) is 4.99. The molecule has 0 aromatic carbocycles. The largest absolute Gasteiger partial charge is 0.519 e. The fraction of sp³-hybridized carbons (Fsp3) is 0.667. The Kier molecular flexibility index (Phi) is 3.40. The molecule has 0 aromatic rings. The van der Waals surface area contributed by atoms with Crippen molar-refractivity contribution in [2.45, 2.75) is 11.1 Å². The fourth-order valence-corrected chi connectivity index (χ4v) is 0.336. The molecule has 3 nitrogen and oxygen atoms in total. The molecule has 0 spiro atoms. The zero-order valence-corrected chi connectivity index (χ0v) is 6.50. The third-order valence-corrected chi connectivity index (χ3v) is 0.552. The van der Waals surface area contributed by atoms with Gasteiger partial charge in [0.2, 0.25) is 0 Å². The molecule has 0 saturated heterocycles. The van der Waals surface area contributed by atoms with Crippen molar-refractivity contribution in [3.8, 4) is 0 Å². The average molecular weight is 231 g/mol. The minimum atomic E-state index is -4.40. The maximum absolute atomic E-state index is 11.5. The highest BCUT2D eigenvalue weighted by atomic mass is 35.5. The number of ether oxygens (including phenoxy) is 2. The van der Waals surface area contributed by atoms with Crippen molar-refractivity contribution in [1.29, 1.82) is 0 Å². The Balaban J connectivity index is 3.92. The van der Waals surface area contributed by atoms with Gasteiger partial charge < -0.3 is 9.47 Å². The second-order valence-electron chi connectivity index (χ2n) is 1.35. The van der Waals surface area contributed by atoms with Gasteiger partial charge in [-0.05, 0) is 0 Å². The lowest BCUT2D eigenvalue weighted by atomic mass is 11.2. The number of halogens is 6. The van der Waals surface area contributed by atoms with Gasteiger partial charge in [0, 0.05) is 23.2 Å². The van der Waals surface area contributed by atoms with Crippen LogP contribution in [0.5, 0.6) is 0 Å². The molecule has 0 aromatic heterocycles. The lowest BCUT2D eigenvalue weighted by Crippen LogP contribution is -2.24. The van der Waals surface area contributed by atoms with Crippen LogP contribution >= 0.6 is 23.2 Å². The van der Waals surface area contributed by atoms with Crippen molar-refractivity contribution in [2.75, 3.05) is 0 Å². The molecule has 12 heavy (non-hydrogen) atoms. The first-order chi connectivity index (χ1) is 5.10. The van der Waals surface area contributed by atoms with Crippen LogP contribution in [0.4, 0.5) is 22.4 Å². The monoisotopic (exact) mass is 230 g/mol. The summed E-state index contributed by atoms with van der Waals surface area (Å²) < 4.78 is 51.6. The number of carbonyl (C=O) groups is 1. The van der Waals surface area contributed by atoms with Crippen LogP contribution in [0.1, 0.15) is 0 Å². The first kappa shape index (κ1) is 11.6. The van der Waals surface area contributed by atoms with Crippen molar-refractivity contribution in [1.82, 2.24) is 0 Å². The average Bonchev–Trinajstić information content (AvgIpc) is 1.49. The zero-order chi connectivity index (χ0) is 9.99. The highest BCUT2D eigenvalue weighted by Crippen LogP contribution is 2.25. The second-order valence-corrected chi connectivity index (χ2v) is 2.23. The minimum Gasteiger partial charge on any atom is -0.355 e. The molecule has 0 unspecified atom stereocenters. The van der Waals surface area contributed by atoms with E-state index in [9.17, 15) is 22.4 Å². The second kappa shape index (κ2) is 3.53. The van der Waals surface area contributed by atoms with Gasteiger partial charge in [-0.2, -0.15) is 0 Å². The molecule has 0 heterocycles. The van der Waals surface area contributed by atoms with Gasteiger partial charge in [-0.15, -0.1) is 17.6 Å². The van der Waals surface area contributed by atoms with E-state index < -0.39 is 17.3 Å². The molecule has 0 rings (SSSR count). The predicted molar refractivity (Wildman–Crippen MR) is 29.2 cm³/mol. The van der Waals surface area contributed by atoms with E-state index in [4.69, 9.17) is 0 Å². The third-order valence-electron chi connectivity index (χ3n) is 0.398. The van der Waals surface area contributed by atoms with Gasteiger partial charge in [-0.1, -0.05) is 0 Å². The van der Waals surface area contributed by atoms with Crippen LogP contribution in [0.25, 0.3) is 0 Å². The first-order valence-electron chi connectivity index (χ1n) is 2.15. The summed E-state index contributed by atoms with van der Waals surface area (Å²) in [6, 6.07) is 0. The van der Waals surface area contributed by atoms with Crippen LogP contribution < -0.4 is 0 Å². The molecule has 72 valence electrons. The van der Waals surface area contributed by atoms with Gasteiger partial charge in [-0.25, -0.2) is 4.79 Å². The number of hydrogen-bond acceptors (Lipinski definition) is 3. The Morgan fingerprint density at radius 3 is 1.42 bits per heavy atom. The van der Waals surface area contributed by atoms with Crippen LogP contribution in [0.2, 0.25) is 0 Å². The molecule has 0 N–H and O–H groups in total. The van der Waals surface area contributed by atoms with E-state index >= 15 is 0 Å². The molecule has 0 fully saturated rings. The molecular formula is C3Cl2F4O3. The molecule has 0 bridgehead atoms. The van der Waals surface area contributed by atoms with Crippen molar-refractivity contribution < 1.29 is 31.8 Å². The summed E-state index contributed by atoms with van der Waals surface area (Å²) in [5.41, 5.74) is -8.81. The summed E-state index contributed by atoms with van der Waals surface area (Å²) in [5.74, 6) is 0. The first-order valence-corrected chi connectivity index (χ1v) is 2.91. The van der Waals surface area contributed by atoms with E-state index in [1.54, 1.807) is 0 Å². The van der Waals surface area contributed by atoms with E-state index in [2.05, 4.69) is 32.7 Å². The number of alkyl halides is 6. The third kappa shape index (κ3) is 7.67. The lowest BCUT2D eigenvalue weighted by Gasteiger charge is -2.10. The number of hydrogen-bond donors (Lipinski definition) is 0. The standard InChI is InChI=1S/C3Cl2F4O3/c4-2(6,7)11-1(10)12-3(5,8)9. The topological polar surface area (TPSA) is 35.5 Å². The van der Waals surface area contributed by atoms with E-state index in [0.717, 1.165) is 0 Å². The van der Waals surface area contributed by atoms with Gasteiger partial charge in [0.1, 0.15) is 0 Å². The van der Waals surface area contributed by atoms with Crippen molar-refractivity contribution in [2.24, 2.45) is 0 Å². The highest BCUT2D eigenvalue weighted by Gasteiger charge is 2.38. The van der Waals surface area contributed by atoms with Gasteiger partial charge in [0.25, 0.3) is 0 Å². The molecule has 0 aliphatic rings. The van der Waals surface area contributed by atoms with Crippen LogP contribution in [0.15, 0.2) is 0 Å². The Hall–Kier alpha value is -0.430. The molecule has 0 saturated carbocycles. The van der Waals surface area contributed by atoms with Gasteiger partial charge in [0.05, 0.1) is 0 Å². The quantitative estimate of drug-likeness (QED) is 0.416. The van der Waals surface area contributed by atoms with Gasteiger partial charge in [-0.3, -0.25) is 0 Å². The predicted octanol–water partition coefficient (Wildman–Crippen LogP) is 2.72. The minimum absolute atomic E-state index is 2.38. The van der Waals surface area contributed by atoms with E-state index in [-0.39, 0.29) is 0 Å². The highest BCUT2D eigenvalue weighted by molar-refractivity contribution is 6.21. The summed E-state index contributed by atoms with van der Waals surface area (Å²) in [6.07, 6.45) is -2.38. The normalized spacial score (nSPS) is 12.5. The molecule has 0 aliphatic heterocycles. The number of carbonyl (C=O) groups excluding carboxylic acids is 1. The summed E-state index contributed by atoms with van der Waals surface area (Å²) in [5, 5.41) is 0. The van der Waals surface area contributed by atoms with E-state index in [0.29, 0.717) is 0 Å². The Labute approximate surface area is 73.1 Å². The maximum atomic E-state index is 11.5. The van der Waals surface area contributed by atoms with E-state index in [1.165, 1.54) is 0 Å². The molecular weight excluding hydrogens is 231 g/mol. The molecule has 0 amide bonds. The van der Waals surface area contributed by atoms with Gasteiger partial charge >= 0.3 is 17.3 Å². The maximum Gasteiger partial charge on any atom is 0.519 e. The van der Waals surface area contributed by atoms with Crippen LogP contribution in [-0.4, -0.2) is 17.3 Å². The van der Waals surface area contributed by atoms with Crippen molar-refractivity contribution in [3.63, 3.8) is 0 Å². The Morgan fingerprint density at radius 2 is 1.25 bits per heavy atom. The van der Waals surface area contributed by atoms with Crippen LogP contribution in [-0.2, 0) is 9.47 Å². The van der Waals surface area contributed by atoms with E-state index in [1.807, 2.05) is 0 Å². The molecule has 0 atom stereocenters. The summed E-state index contributed by atoms with van der Waals surface area (Å²) in [7, 11) is 0. The smallest absolute Gasteiger partial charge is 0.355 e. The summed E-state index contributed by atoms with van der Waals surface area (Å²) >= 11 is 8.03. The lowest BCUT2D eigenvalue weighted by molar-refractivity contribution is -0.191. The molecule has 0 radical (unpaired) electrons. The van der Waals surface area contributed by atoms with Crippen molar-refractivity contribution >= 4 is 29.4 Å². The molecule has 9 heteroatoms. The van der Waals surface area contributed by atoms with Crippen LogP contribution in [0.3, 0.4) is 0 Å². The SMILES string of the molecule is O=C(OC(F)(F)Cl)OC(F)(F)Cl. The summed E-state index contributed by atoms with van der Waals surface area (Å²) in [4.78, 5) is 9.90. The Morgan fingerprint density at radius 1 is 1.00 bits per heavy atom.